The summed E-state index contributed by atoms with van der Waals surface area (Å²) in [4.78, 5) is 2.25. The maximum absolute atomic E-state index is 9.95. The van der Waals surface area contributed by atoms with Crippen molar-refractivity contribution in [2.24, 2.45) is 0 Å². The molecule has 0 fully saturated rings. The first-order valence-electron chi connectivity index (χ1n) is 14.6. The van der Waals surface area contributed by atoms with E-state index in [1.165, 1.54) is 0 Å². The minimum atomic E-state index is 0.507. The first-order chi connectivity index (χ1) is 22.5. The fourth-order valence-corrected chi connectivity index (χ4v) is 5.53. The van der Waals surface area contributed by atoms with E-state index in [1.807, 2.05) is 36.4 Å². The van der Waals surface area contributed by atoms with Crippen molar-refractivity contribution in [1.29, 1.82) is 21.0 Å². The van der Waals surface area contributed by atoms with Gasteiger partial charge in [0.1, 0.15) is 0 Å². The standard InChI is InChI=1S/C41H25N5/c1-28-4-2-3-5-39(28)46-40-18-10-31(22-37(26-44)33-12-6-29(24-42)7-13-33)20-35(40)16-17-36-21-32(11-19-41(36)46)23-38(27-45)34-14-8-30(25-43)9-15-34/h2-23H,1H3/b37-22+,38-23+. The van der Waals surface area contributed by atoms with Gasteiger partial charge in [0, 0.05) is 5.69 Å². The van der Waals surface area contributed by atoms with Crippen molar-refractivity contribution in [1.82, 2.24) is 0 Å². The van der Waals surface area contributed by atoms with E-state index < -0.39 is 0 Å². The Balaban J connectivity index is 1.45. The molecule has 5 aromatic carbocycles. The molecular formula is C41H25N5. The topological polar surface area (TPSA) is 98.4 Å². The van der Waals surface area contributed by atoms with Crippen LogP contribution in [0.25, 0.3) is 35.5 Å². The van der Waals surface area contributed by atoms with Gasteiger partial charge in [-0.15, -0.1) is 0 Å². The number of rotatable bonds is 5. The molecule has 1 heterocycles. The maximum Gasteiger partial charge on any atom is 0.0998 e. The first kappa shape index (κ1) is 29.2. The summed E-state index contributed by atoms with van der Waals surface area (Å²) in [5, 5.41) is 38.2. The number of nitriles is 4. The van der Waals surface area contributed by atoms with Gasteiger partial charge in [-0.2, -0.15) is 21.0 Å². The van der Waals surface area contributed by atoms with Gasteiger partial charge in [-0.1, -0.05) is 66.7 Å². The lowest BCUT2D eigenvalue weighted by molar-refractivity contribution is 1.24. The normalized spacial score (nSPS) is 12.1. The van der Waals surface area contributed by atoms with Crippen molar-refractivity contribution in [3.8, 4) is 24.3 Å². The van der Waals surface area contributed by atoms with Gasteiger partial charge in [-0.05, 0) is 113 Å². The van der Waals surface area contributed by atoms with Crippen LogP contribution in [0.3, 0.4) is 0 Å². The molecule has 5 aromatic rings. The molecule has 0 aromatic heterocycles. The molecule has 0 unspecified atom stereocenters. The van der Waals surface area contributed by atoms with Crippen molar-refractivity contribution in [2.45, 2.75) is 6.92 Å². The van der Waals surface area contributed by atoms with Crippen LogP contribution < -0.4 is 4.90 Å². The summed E-state index contributed by atoms with van der Waals surface area (Å²) < 4.78 is 0. The summed E-state index contributed by atoms with van der Waals surface area (Å²) in [6.45, 7) is 2.09. The van der Waals surface area contributed by atoms with E-state index in [2.05, 4.69) is 84.7 Å². The predicted octanol–water partition coefficient (Wildman–Crippen LogP) is 9.82. The molecule has 5 heteroatoms. The Bertz CT molecular complexity index is 2100. The summed E-state index contributed by atoms with van der Waals surface area (Å²) in [6, 6.07) is 43.4. The fraction of sp³-hybridized carbons (Fsp3) is 0.0244. The Hall–Kier alpha value is -6.92. The van der Waals surface area contributed by atoms with Crippen LogP contribution in [0.15, 0.2) is 109 Å². The van der Waals surface area contributed by atoms with Gasteiger partial charge < -0.3 is 4.90 Å². The lowest BCUT2D eigenvalue weighted by Gasteiger charge is -2.29. The number of para-hydroxylation sites is 1. The van der Waals surface area contributed by atoms with E-state index in [-0.39, 0.29) is 0 Å². The van der Waals surface area contributed by atoms with Crippen LogP contribution in [-0.2, 0) is 0 Å². The molecular weight excluding hydrogens is 562 g/mol. The molecule has 1 aliphatic rings. The van der Waals surface area contributed by atoms with Gasteiger partial charge in [0.15, 0.2) is 0 Å². The van der Waals surface area contributed by atoms with Gasteiger partial charge in [-0.25, -0.2) is 0 Å². The number of aryl methyl sites for hydroxylation is 1. The highest BCUT2D eigenvalue weighted by molar-refractivity contribution is 5.97. The van der Waals surface area contributed by atoms with Gasteiger partial charge in [0.25, 0.3) is 0 Å². The third-order valence-corrected chi connectivity index (χ3v) is 7.90. The third-order valence-electron chi connectivity index (χ3n) is 7.90. The highest BCUT2D eigenvalue weighted by Crippen LogP contribution is 2.44. The number of allylic oxidation sites excluding steroid dienone is 2. The highest BCUT2D eigenvalue weighted by atomic mass is 15.1. The Kier molecular flexibility index (Phi) is 8.08. The van der Waals surface area contributed by atoms with Crippen molar-refractivity contribution in [3.05, 3.63) is 159 Å². The molecule has 0 spiro atoms. The summed E-state index contributed by atoms with van der Waals surface area (Å²) in [5.74, 6) is 0. The van der Waals surface area contributed by atoms with Crippen molar-refractivity contribution in [3.63, 3.8) is 0 Å². The summed E-state index contributed by atoms with van der Waals surface area (Å²) in [5.41, 5.74) is 11.5. The Morgan fingerprint density at radius 1 is 0.543 bits per heavy atom. The van der Waals surface area contributed by atoms with E-state index in [0.29, 0.717) is 22.3 Å². The largest absolute Gasteiger partial charge is 0.309 e. The van der Waals surface area contributed by atoms with Crippen LogP contribution in [0.5, 0.6) is 0 Å². The summed E-state index contributed by atoms with van der Waals surface area (Å²) in [7, 11) is 0. The quantitative estimate of drug-likeness (QED) is 0.148. The van der Waals surface area contributed by atoms with E-state index in [4.69, 9.17) is 10.5 Å². The van der Waals surface area contributed by atoms with Crippen molar-refractivity contribution >= 4 is 52.5 Å². The maximum atomic E-state index is 9.95. The van der Waals surface area contributed by atoms with Crippen LogP contribution in [0.4, 0.5) is 17.1 Å². The summed E-state index contributed by atoms with van der Waals surface area (Å²) in [6.07, 6.45) is 7.88. The van der Waals surface area contributed by atoms with Gasteiger partial charge in [-0.3, -0.25) is 0 Å². The zero-order valence-electron chi connectivity index (χ0n) is 24.9. The lowest BCUT2D eigenvalue weighted by Crippen LogP contribution is -2.13. The van der Waals surface area contributed by atoms with Crippen LogP contribution in [0, 0.1) is 52.2 Å². The average molecular weight is 588 g/mol. The fourth-order valence-electron chi connectivity index (χ4n) is 5.53. The van der Waals surface area contributed by atoms with Gasteiger partial charge >= 0.3 is 0 Å². The third kappa shape index (κ3) is 5.82. The number of nitrogens with zero attached hydrogens (tertiary/aromatic N) is 5. The van der Waals surface area contributed by atoms with Crippen LogP contribution >= 0.6 is 0 Å². The molecule has 0 saturated carbocycles. The Morgan fingerprint density at radius 3 is 1.41 bits per heavy atom. The monoisotopic (exact) mass is 587 g/mol. The van der Waals surface area contributed by atoms with Crippen LogP contribution in [0.2, 0.25) is 0 Å². The molecule has 46 heavy (non-hydrogen) atoms. The number of hydrogen-bond donors (Lipinski definition) is 0. The molecule has 0 bridgehead atoms. The lowest BCUT2D eigenvalue weighted by atomic mass is 10.00. The number of anilines is 3. The molecule has 0 aliphatic carbocycles. The molecule has 5 nitrogen and oxygen atoms in total. The molecule has 6 rings (SSSR count). The molecule has 1 aliphatic heterocycles. The molecule has 0 saturated heterocycles. The number of fused-ring (bicyclic) bond motifs is 2. The second-order valence-corrected chi connectivity index (χ2v) is 10.8. The van der Waals surface area contributed by atoms with Crippen LogP contribution in [-0.4, -0.2) is 0 Å². The number of hydrogen-bond acceptors (Lipinski definition) is 5. The number of benzene rings is 5. The van der Waals surface area contributed by atoms with Crippen molar-refractivity contribution < 1.29 is 0 Å². The summed E-state index contributed by atoms with van der Waals surface area (Å²) >= 11 is 0. The van der Waals surface area contributed by atoms with Gasteiger partial charge in [0.05, 0.1) is 57.9 Å². The minimum absolute atomic E-state index is 0.507. The molecule has 0 atom stereocenters. The second-order valence-electron chi connectivity index (χ2n) is 10.8. The van der Waals surface area contributed by atoms with Gasteiger partial charge in [0.2, 0.25) is 0 Å². The molecule has 214 valence electrons. The molecule has 0 N–H and O–H groups in total. The van der Waals surface area contributed by atoms with E-state index in [0.717, 1.165) is 56.0 Å². The molecule has 0 amide bonds. The average Bonchev–Trinajstić information content (AvgIpc) is 3.26. The Labute approximate surface area is 268 Å². The van der Waals surface area contributed by atoms with Crippen LogP contribution in [0.1, 0.15) is 50.1 Å². The van der Waals surface area contributed by atoms with E-state index >= 15 is 0 Å². The van der Waals surface area contributed by atoms with E-state index in [1.54, 1.807) is 48.5 Å². The van der Waals surface area contributed by atoms with E-state index in [9.17, 15) is 10.5 Å². The zero-order valence-corrected chi connectivity index (χ0v) is 24.9. The van der Waals surface area contributed by atoms with Crippen molar-refractivity contribution in [2.75, 3.05) is 4.90 Å². The first-order valence-corrected chi connectivity index (χ1v) is 14.6. The zero-order chi connectivity index (χ0) is 32.0. The Morgan fingerprint density at radius 2 is 1.00 bits per heavy atom. The smallest absolute Gasteiger partial charge is 0.0998 e. The highest BCUT2D eigenvalue weighted by Gasteiger charge is 2.22. The SMILES string of the molecule is Cc1ccccc1N1c2ccc(/C=C(\C#N)c3ccc(C#N)cc3)cc2C=Cc2cc(/C=C(\C#N)c3ccc(C#N)cc3)ccc21. The predicted molar refractivity (Wildman–Crippen MR) is 184 cm³/mol. The second kappa shape index (κ2) is 12.8. The molecule has 0 radical (unpaired) electrons. The minimum Gasteiger partial charge on any atom is -0.309 e.